The smallest absolute Gasteiger partial charge is 0.328 e. The number of nitrogens with zero attached hydrogens (tertiary/aromatic N) is 2. The van der Waals surface area contributed by atoms with Crippen LogP contribution in [0, 0.1) is 17.6 Å². The van der Waals surface area contributed by atoms with E-state index in [9.17, 15) is 18.4 Å². The third-order valence-electron chi connectivity index (χ3n) is 4.93. The zero-order valence-electron chi connectivity index (χ0n) is 16.5. The summed E-state index contributed by atoms with van der Waals surface area (Å²) in [7, 11) is 1.26. The van der Waals surface area contributed by atoms with E-state index in [-0.39, 0.29) is 18.0 Å². The van der Waals surface area contributed by atoms with Crippen LogP contribution in [0.15, 0.2) is 24.5 Å². The van der Waals surface area contributed by atoms with Gasteiger partial charge in [-0.3, -0.25) is 0 Å². The zero-order valence-corrected chi connectivity index (χ0v) is 16.5. The Morgan fingerprint density at radius 1 is 1.38 bits per heavy atom. The lowest BCUT2D eigenvalue weighted by Gasteiger charge is -2.36. The molecule has 156 valence electrons. The number of imidazole rings is 1. The monoisotopic (exact) mass is 406 g/mol. The molecule has 1 aromatic heterocycles. The largest absolute Gasteiger partial charge is 0.467 e. The quantitative estimate of drug-likeness (QED) is 0.748. The van der Waals surface area contributed by atoms with Gasteiger partial charge < -0.3 is 19.9 Å². The van der Waals surface area contributed by atoms with E-state index in [2.05, 4.69) is 15.3 Å². The number of carbonyl (C=O) groups is 2. The first-order chi connectivity index (χ1) is 13.8. The average molecular weight is 406 g/mol. The summed E-state index contributed by atoms with van der Waals surface area (Å²) >= 11 is 0. The molecular weight excluding hydrogens is 382 g/mol. The molecule has 0 fully saturated rings. The van der Waals surface area contributed by atoms with Gasteiger partial charge in [0.25, 0.3) is 0 Å². The molecule has 0 radical (unpaired) electrons. The van der Waals surface area contributed by atoms with Crippen LogP contribution in [0.1, 0.15) is 43.3 Å². The predicted octanol–water partition coefficient (Wildman–Crippen LogP) is 2.93. The van der Waals surface area contributed by atoms with E-state index in [1.54, 1.807) is 0 Å². The highest BCUT2D eigenvalue weighted by Gasteiger charge is 2.37. The number of ether oxygens (including phenoxy) is 1. The van der Waals surface area contributed by atoms with Gasteiger partial charge >= 0.3 is 12.0 Å². The molecule has 7 nitrogen and oxygen atoms in total. The minimum Gasteiger partial charge on any atom is -0.467 e. The van der Waals surface area contributed by atoms with Crippen molar-refractivity contribution in [1.29, 1.82) is 0 Å². The van der Waals surface area contributed by atoms with Gasteiger partial charge in [0.2, 0.25) is 0 Å². The maximum Gasteiger partial charge on any atom is 0.328 e. The van der Waals surface area contributed by atoms with Crippen molar-refractivity contribution in [3.8, 4) is 0 Å². The molecule has 1 aliphatic heterocycles. The number of carbonyl (C=O) groups excluding carboxylic acids is 2. The average Bonchev–Trinajstić information content (AvgIpc) is 3.15. The summed E-state index contributed by atoms with van der Waals surface area (Å²) < 4.78 is 32.8. The summed E-state index contributed by atoms with van der Waals surface area (Å²) in [4.78, 5) is 33.8. The van der Waals surface area contributed by atoms with Gasteiger partial charge in [0.05, 0.1) is 19.1 Å². The van der Waals surface area contributed by atoms with Crippen molar-refractivity contribution in [3.05, 3.63) is 53.1 Å². The standard InChI is InChI=1S/C20H24F2N4O3/c1-11(2)8-16(19(27)29-3)25-20(28)26-7-6-15-17(24-10-23-15)18(26)13-5-4-12(21)9-14(13)22/h4-5,9-11,16,18H,6-8H2,1-3H3,(H,23,24)(H,25,28)/t16-,18-/m0/s1. The third-order valence-corrected chi connectivity index (χ3v) is 4.93. The minimum atomic E-state index is -0.844. The second-order valence-electron chi connectivity index (χ2n) is 7.43. The van der Waals surface area contributed by atoms with Crippen LogP contribution in [0.4, 0.5) is 13.6 Å². The van der Waals surface area contributed by atoms with E-state index in [4.69, 9.17) is 4.74 Å². The van der Waals surface area contributed by atoms with E-state index < -0.39 is 35.7 Å². The van der Waals surface area contributed by atoms with Crippen molar-refractivity contribution in [3.63, 3.8) is 0 Å². The predicted molar refractivity (Wildman–Crippen MR) is 101 cm³/mol. The first kappa shape index (κ1) is 20.8. The minimum absolute atomic E-state index is 0.132. The molecule has 0 saturated heterocycles. The van der Waals surface area contributed by atoms with E-state index in [0.29, 0.717) is 18.5 Å². The summed E-state index contributed by atoms with van der Waals surface area (Å²) in [5.74, 6) is -1.88. The number of hydrogen-bond donors (Lipinski definition) is 2. The number of esters is 1. The molecule has 2 amide bonds. The van der Waals surface area contributed by atoms with Crippen LogP contribution in [0.3, 0.4) is 0 Å². The lowest BCUT2D eigenvalue weighted by molar-refractivity contribution is -0.143. The lowest BCUT2D eigenvalue weighted by atomic mass is 9.95. The number of halogens is 2. The van der Waals surface area contributed by atoms with Crippen molar-refractivity contribution >= 4 is 12.0 Å². The van der Waals surface area contributed by atoms with Crippen LogP contribution in [0.25, 0.3) is 0 Å². The number of aromatic amines is 1. The molecule has 3 rings (SSSR count). The summed E-state index contributed by atoms with van der Waals surface area (Å²) in [5.41, 5.74) is 1.41. The first-order valence-corrected chi connectivity index (χ1v) is 9.43. The topological polar surface area (TPSA) is 87.3 Å². The molecule has 0 spiro atoms. The Morgan fingerprint density at radius 3 is 2.79 bits per heavy atom. The van der Waals surface area contributed by atoms with E-state index in [0.717, 1.165) is 17.8 Å². The number of nitrogens with one attached hydrogen (secondary N) is 2. The lowest BCUT2D eigenvalue weighted by Crippen LogP contribution is -2.51. The Hall–Kier alpha value is -2.97. The number of hydrogen-bond acceptors (Lipinski definition) is 4. The highest BCUT2D eigenvalue weighted by Crippen LogP contribution is 2.35. The van der Waals surface area contributed by atoms with Gasteiger partial charge in [-0.1, -0.05) is 19.9 Å². The molecule has 29 heavy (non-hydrogen) atoms. The van der Waals surface area contributed by atoms with Crippen LogP contribution in [-0.2, 0) is 16.0 Å². The number of H-pyrrole nitrogens is 1. The van der Waals surface area contributed by atoms with Gasteiger partial charge in [-0.15, -0.1) is 0 Å². The first-order valence-electron chi connectivity index (χ1n) is 9.43. The van der Waals surface area contributed by atoms with Gasteiger partial charge in [-0.05, 0) is 18.4 Å². The Bertz CT molecular complexity index is 900. The van der Waals surface area contributed by atoms with Crippen LogP contribution in [0.2, 0.25) is 0 Å². The van der Waals surface area contributed by atoms with Crippen molar-refractivity contribution in [2.75, 3.05) is 13.7 Å². The molecule has 2 aromatic rings. The SMILES string of the molecule is COC(=O)[C@H](CC(C)C)NC(=O)N1CCc2[nH]cnc2[C@@H]1c1ccc(F)cc1F. The highest BCUT2D eigenvalue weighted by atomic mass is 19.1. The van der Waals surface area contributed by atoms with Crippen LogP contribution in [0.5, 0.6) is 0 Å². The molecule has 0 saturated carbocycles. The van der Waals surface area contributed by atoms with E-state index in [1.807, 2.05) is 13.8 Å². The normalized spacial score (nSPS) is 17.0. The van der Waals surface area contributed by atoms with Gasteiger partial charge in [0.15, 0.2) is 0 Å². The molecule has 2 heterocycles. The fraction of sp³-hybridized carbons (Fsp3) is 0.450. The number of methoxy groups -OCH3 is 1. The molecule has 9 heteroatoms. The Morgan fingerprint density at radius 2 is 2.14 bits per heavy atom. The number of fused-ring (bicyclic) bond motifs is 1. The molecule has 1 aliphatic rings. The number of rotatable bonds is 5. The number of benzene rings is 1. The third kappa shape index (κ3) is 4.38. The Labute approximate surface area is 167 Å². The second kappa shape index (κ2) is 8.59. The maximum atomic E-state index is 14.6. The van der Waals surface area contributed by atoms with Crippen molar-refractivity contribution in [1.82, 2.24) is 20.2 Å². The molecule has 2 atom stereocenters. The zero-order chi connectivity index (χ0) is 21.1. The molecule has 2 N–H and O–H groups in total. The van der Waals surface area contributed by atoms with Crippen molar-refractivity contribution < 1.29 is 23.1 Å². The highest BCUT2D eigenvalue weighted by molar-refractivity contribution is 5.84. The number of amides is 2. The summed E-state index contributed by atoms with van der Waals surface area (Å²) in [6.45, 7) is 4.13. The van der Waals surface area contributed by atoms with Gasteiger partial charge in [-0.2, -0.15) is 0 Å². The fourth-order valence-corrected chi connectivity index (χ4v) is 3.59. The Balaban J connectivity index is 1.93. The summed E-state index contributed by atoms with van der Waals surface area (Å²) in [6.07, 6.45) is 2.38. The van der Waals surface area contributed by atoms with Crippen LogP contribution >= 0.6 is 0 Å². The molecule has 0 aliphatic carbocycles. The number of aromatic nitrogens is 2. The molecular formula is C20H24F2N4O3. The van der Waals surface area contributed by atoms with Crippen LogP contribution < -0.4 is 5.32 Å². The fourth-order valence-electron chi connectivity index (χ4n) is 3.59. The second-order valence-corrected chi connectivity index (χ2v) is 7.43. The summed E-state index contributed by atoms with van der Waals surface area (Å²) in [6, 6.07) is 1.03. The maximum absolute atomic E-state index is 14.6. The van der Waals surface area contributed by atoms with E-state index in [1.165, 1.54) is 24.4 Å². The molecule has 1 aromatic carbocycles. The van der Waals surface area contributed by atoms with Crippen molar-refractivity contribution in [2.45, 2.75) is 38.8 Å². The van der Waals surface area contributed by atoms with Gasteiger partial charge in [-0.25, -0.2) is 23.4 Å². The summed E-state index contributed by atoms with van der Waals surface area (Å²) in [5, 5.41) is 2.70. The Kier molecular flexibility index (Phi) is 6.14. The van der Waals surface area contributed by atoms with Gasteiger partial charge in [0, 0.05) is 30.3 Å². The van der Waals surface area contributed by atoms with Crippen LogP contribution in [-0.4, -0.2) is 46.6 Å². The van der Waals surface area contributed by atoms with Crippen molar-refractivity contribution in [2.24, 2.45) is 5.92 Å². The molecule has 0 bridgehead atoms. The van der Waals surface area contributed by atoms with E-state index >= 15 is 0 Å². The number of urea groups is 1. The molecule has 0 unspecified atom stereocenters. The van der Waals surface area contributed by atoms with Gasteiger partial charge in [0.1, 0.15) is 23.7 Å².